The topological polar surface area (TPSA) is 66.4 Å². The lowest BCUT2D eigenvalue weighted by Gasteiger charge is -2.23. The molecular weight excluding hydrogens is 393 g/mol. The van der Waals surface area contributed by atoms with Gasteiger partial charge in [-0.05, 0) is 76.9 Å². The van der Waals surface area contributed by atoms with Crippen molar-refractivity contribution in [3.63, 3.8) is 0 Å². The smallest absolute Gasteiger partial charge is 0.307 e. The van der Waals surface area contributed by atoms with Crippen molar-refractivity contribution in [1.29, 1.82) is 0 Å². The lowest BCUT2D eigenvalue weighted by molar-refractivity contribution is -0.146. The fourth-order valence-electron chi connectivity index (χ4n) is 4.45. The number of hydrogen-bond donors (Lipinski definition) is 2. The Morgan fingerprint density at radius 2 is 1.68 bits per heavy atom. The summed E-state index contributed by atoms with van der Waals surface area (Å²) >= 11 is 2.21. The number of rotatable bonds is 3. The maximum absolute atomic E-state index is 12.7. The minimum absolute atomic E-state index is 0.0301. The van der Waals surface area contributed by atoms with Gasteiger partial charge >= 0.3 is 5.97 Å². The summed E-state index contributed by atoms with van der Waals surface area (Å²) in [5.74, 6) is -1.91. The van der Waals surface area contributed by atoms with Crippen molar-refractivity contribution in [3.8, 4) is 0 Å². The Bertz CT molecular complexity index is 678. The van der Waals surface area contributed by atoms with Gasteiger partial charge in [0, 0.05) is 9.26 Å². The van der Waals surface area contributed by atoms with E-state index in [9.17, 15) is 14.7 Å². The average Bonchev–Trinajstić information content (AvgIpc) is 3.15. The number of hydrogen-bond acceptors (Lipinski definition) is 2. The Morgan fingerprint density at radius 1 is 1.09 bits per heavy atom. The molecule has 2 fully saturated rings. The van der Waals surface area contributed by atoms with Crippen LogP contribution in [0.3, 0.4) is 0 Å². The predicted molar refractivity (Wildman–Crippen MR) is 90.2 cm³/mol. The second-order valence-electron chi connectivity index (χ2n) is 6.56. The minimum Gasteiger partial charge on any atom is -0.481 e. The summed E-state index contributed by atoms with van der Waals surface area (Å²) in [7, 11) is 0. The molecule has 0 aliphatic heterocycles. The van der Waals surface area contributed by atoms with Gasteiger partial charge in [-0.15, -0.1) is 0 Å². The van der Waals surface area contributed by atoms with Gasteiger partial charge in [-0.25, -0.2) is 0 Å². The van der Waals surface area contributed by atoms with Crippen molar-refractivity contribution in [1.82, 2.24) is 0 Å². The van der Waals surface area contributed by atoms with E-state index in [-0.39, 0.29) is 23.2 Å². The number of anilines is 1. The first-order valence-corrected chi connectivity index (χ1v) is 8.58. The molecule has 1 amide bonds. The van der Waals surface area contributed by atoms with Crippen LogP contribution in [0.5, 0.6) is 0 Å². The van der Waals surface area contributed by atoms with Crippen LogP contribution in [0.1, 0.15) is 12.8 Å². The molecule has 22 heavy (non-hydrogen) atoms. The van der Waals surface area contributed by atoms with Crippen LogP contribution in [-0.4, -0.2) is 17.0 Å². The summed E-state index contributed by atoms with van der Waals surface area (Å²) < 4.78 is 1.10. The second-order valence-corrected chi connectivity index (χ2v) is 7.80. The maximum atomic E-state index is 12.7. The van der Waals surface area contributed by atoms with Crippen LogP contribution in [0.4, 0.5) is 5.69 Å². The number of aliphatic carboxylic acids is 1. The molecule has 1 spiro atoms. The molecule has 0 unspecified atom stereocenters. The molecule has 4 rings (SSSR count). The molecule has 3 aliphatic carbocycles. The highest BCUT2D eigenvalue weighted by atomic mass is 127. The Labute approximate surface area is 142 Å². The molecule has 2 saturated carbocycles. The highest BCUT2D eigenvalue weighted by Crippen LogP contribution is 2.72. The first kappa shape index (κ1) is 14.2. The molecule has 2 bridgehead atoms. The Hall–Kier alpha value is -1.37. The predicted octanol–water partition coefficient (Wildman–Crippen LogP) is 3.14. The van der Waals surface area contributed by atoms with Gasteiger partial charge in [0.15, 0.2) is 0 Å². The van der Waals surface area contributed by atoms with Crippen LogP contribution >= 0.6 is 22.6 Å². The molecule has 4 atom stereocenters. The summed E-state index contributed by atoms with van der Waals surface area (Å²) in [5.41, 5.74) is 0.795. The minimum atomic E-state index is -0.842. The van der Waals surface area contributed by atoms with E-state index in [0.717, 1.165) is 22.1 Å². The van der Waals surface area contributed by atoms with Gasteiger partial charge in [0.2, 0.25) is 5.91 Å². The van der Waals surface area contributed by atoms with Crippen molar-refractivity contribution in [2.75, 3.05) is 5.32 Å². The van der Waals surface area contributed by atoms with Crippen molar-refractivity contribution >= 4 is 40.2 Å². The van der Waals surface area contributed by atoms with E-state index in [1.54, 1.807) is 0 Å². The van der Waals surface area contributed by atoms with Gasteiger partial charge < -0.3 is 10.4 Å². The molecule has 0 radical (unpaired) electrons. The first-order valence-electron chi connectivity index (χ1n) is 7.50. The number of benzene rings is 1. The largest absolute Gasteiger partial charge is 0.481 e. The van der Waals surface area contributed by atoms with Gasteiger partial charge in [-0.1, -0.05) is 12.2 Å². The number of carbonyl (C=O) groups is 2. The average molecular weight is 409 g/mol. The number of allylic oxidation sites excluding steroid dienone is 2. The summed E-state index contributed by atoms with van der Waals surface area (Å²) in [4.78, 5) is 24.4. The molecule has 5 heteroatoms. The molecule has 2 N–H and O–H groups in total. The number of halogens is 1. The van der Waals surface area contributed by atoms with Gasteiger partial charge in [-0.2, -0.15) is 0 Å². The van der Waals surface area contributed by atoms with Crippen molar-refractivity contribution in [2.24, 2.45) is 29.1 Å². The monoisotopic (exact) mass is 409 g/mol. The van der Waals surface area contributed by atoms with Crippen LogP contribution in [0, 0.1) is 32.7 Å². The van der Waals surface area contributed by atoms with Gasteiger partial charge in [0.05, 0.1) is 11.8 Å². The van der Waals surface area contributed by atoms with Crippen molar-refractivity contribution in [2.45, 2.75) is 12.8 Å². The quantitative estimate of drug-likeness (QED) is 0.596. The lowest BCUT2D eigenvalue weighted by atomic mass is 9.82. The zero-order valence-electron chi connectivity index (χ0n) is 11.8. The van der Waals surface area contributed by atoms with E-state index in [0.29, 0.717) is 0 Å². The van der Waals surface area contributed by atoms with Crippen LogP contribution in [0.15, 0.2) is 36.4 Å². The zero-order chi connectivity index (χ0) is 15.5. The number of carbonyl (C=O) groups excluding carboxylic acids is 1. The molecule has 0 saturated heterocycles. The third-order valence-corrected chi connectivity index (χ3v) is 6.26. The molecule has 114 valence electrons. The molecular formula is C17H16INO3. The van der Waals surface area contributed by atoms with E-state index in [4.69, 9.17) is 0 Å². The fourth-order valence-corrected chi connectivity index (χ4v) is 4.81. The molecule has 0 heterocycles. The maximum Gasteiger partial charge on any atom is 0.307 e. The Morgan fingerprint density at radius 3 is 2.23 bits per heavy atom. The summed E-state index contributed by atoms with van der Waals surface area (Å²) in [6, 6.07) is 7.55. The number of amides is 1. The number of carboxylic acid groups (broad SMARTS) is 1. The van der Waals surface area contributed by atoms with E-state index < -0.39 is 17.8 Å². The highest BCUT2D eigenvalue weighted by Gasteiger charge is 2.70. The summed E-state index contributed by atoms with van der Waals surface area (Å²) in [5, 5.41) is 12.5. The van der Waals surface area contributed by atoms with Crippen molar-refractivity contribution in [3.05, 3.63) is 40.0 Å². The summed E-state index contributed by atoms with van der Waals surface area (Å²) in [6.45, 7) is 0. The van der Waals surface area contributed by atoms with E-state index in [1.165, 1.54) is 0 Å². The molecule has 1 aromatic carbocycles. The van der Waals surface area contributed by atoms with E-state index >= 15 is 0 Å². The molecule has 3 aliphatic rings. The van der Waals surface area contributed by atoms with Crippen LogP contribution < -0.4 is 5.32 Å². The second kappa shape index (κ2) is 4.81. The molecule has 1 aromatic rings. The lowest BCUT2D eigenvalue weighted by Crippen LogP contribution is -2.36. The van der Waals surface area contributed by atoms with Crippen LogP contribution in [0.2, 0.25) is 0 Å². The zero-order valence-corrected chi connectivity index (χ0v) is 14.0. The Kier molecular flexibility index (Phi) is 3.11. The standard InChI is InChI=1S/C17H16INO3/c18-9-1-3-10(4-2-9)19-15(20)13-11-5-6-12(14(13)16(21)22)17(11)7-8-17/h1-6,11-14H,7-8H2,(H,19,20)(H,21,22)/t11-,12+,13+,14+/m1/s1. The molecule has 4 nitrogen and oxygen atoms in total. The number of carboxylic acids is 1. The number of nitrogens with one attached hydrogen (secondary N) is 1. The Balaban J connectivity index is 1.60. The van der Waals surface area contributed by atoms with E-state index in [2.05, 4.69) is 34.0 Å². The fraction of sp³-hybridized carbons (Fsp3) is 0.412. The van der Waals surface area contributed by atoms with Gasteiger partial charge in [0.25, 0.3) is 0 Å². The highest BCUT2D eigenvalue weighted by molar-refractivity contribution is 14.1. The summed E-state index contributed by atoms with van der Waals surface area (Å²) in [6.07, 6.45) is 6.21. The van der Waals surface area contributed by atoms with E-state index in [1.807, 2.05) is 30.3 Å². The van der Waals surface area contributed by atoms with Crippen LogP contribution in [-0.2, 0) is 9.59 Å². The van der Waals surface area contributed by atoms with Gasteiger partial charge in [0.1, 0.15) is 0 Å². The third kappa shape index (κ3) is 1.94. The third-order valence-electron chi connectivity index (χ3n) is 5.54. The normalized spacial score (nSPS) is 33.1. The van der Waals surface area contributed by atoms with Crippen molar-refractivity contribution < 1.29 is 14.7 Å². The SMILES string of the molecule is O=C(Nc1ccc(I)cc1)[C@@H]1[C@@H](C(=O)O)[C@@H]2C=C[C@H]1C21CC1. The molecule has 0 aromatic heterocycles. The van der Waals surface area contributed by atoms with Crippen LogP contribution in [0.25, 0.3) is 0 Å². The van der Waals surface area contributed by atoms with Gasteiger partial charge in [-0.3, -0.25) is 9.59 Å². The first-order chi connectivity index (χ1) is 10.5.